The summed E-state index contributed by atoms with van der Waals surface area (Å²) < 4.78 is 91.9. The smallest absolute Gasteiger partial charge is 0.336 e. The van der Waals surface area contributed by atoms with E-state index in [-0.39, 0.29) is 26.2 Å². The molecule has 0 unspecified atom stereocenters. The number of rotatable bonds is 3. The van der Waals surface area contributed by atoms with Crippen LogP contribution in [0.5, 0.6) is 0 Å². The minimum atomic E-state index is -4.69. The largest absolute Gasteiger partial charge is 0.416 e. The molecule has 0 N–H and O–H groups in total. The minimum absolute atomic E-state index is 0.118. The SMILES string of the molecule is O=C(c1cc(F)ccc1F)N1CCN(S(=O)(=O)c2cccc(C(F)(F)F)c2)CC1. The van der Waals surface area contributed by atoms with Gasteiger partial charge >= 0.3 is 6.18 Å². The maximum absolute atomic E-state index is 13.8. The highest BCUT2D eigenvalue weighted by Gasteiger charge is 2.34. The first kappa shape index (κ1) is 21.2. The quantitative estimate of drug-likeness (QED) is 0.698. The van der Waals surface area contributed by atoms with Crippen LogP contribution in [0.4, 0.5) is 22.0 Å². The maximum Gasteiger partial charge on any atom is 0.416 e. The first-order chi connectivity index (χ1) is 13.5. The van der Waals surface area contributed by atoms with Gasteiger partial charge in [0, 0.05) is 26.2 Å². The van der Waals surface area contributed by atoms with E-state index < -0.39 is 49.8 Å². The standard InChI is InChI=1S/C18H15F5N2O3S/c19-13-4-5-16(20)15(11-13)17(26)24-6-8-25(9-7-24)29(27,28)14-3-1-2-12(10-14)18(21,22)23/h1-5,10-11H,6-9H2. The molecule has 3 rings (SSSR count). The van der Waals surface area contributed by atoms with Crippen molar-refractivity contribution in [3.63, 3.8) is 0 Å². The van der Waals surface area contributed by atoms with Gasteiger partial charge in [-0.3, -0.25) is 4.79 Å². The second-order valence-corrected chi connectivity index (χ2v) is 8.28. The Hall–Kier alpha value is -2.53. The molecule has 0 bridgehead atoms. The van der Waals surface area contributed by atoms with E-state index in [0.29, 0.717) is 6.07 Å². The van der Waals surface area contributed by atoms with Crippen molar-refractivity contribution in [3.05, 3.63) is 65.2 Å². The van der Waals surface area contributed by atoms with E-state index >= 15 is 0 Å². The van der Waals surface area contributed by atoms with Crippen LogP contribution in [-0.2, 0) is 16.2 Å². The molecule has 11 heteroatoms. The number of carbonyl (C=O) groups excluding carboxylic acids is 1. The molecule has 156 valence electrons. The van der Waals surface area contributed by atoms with Crippen molar-refractivity contribution in [2.75, 3.05) is 26.2 Å². The monoisotopic (exact) mass is 434 g/mol. The molecule has 0 spiro atoms. The van der Waals surface area contributed by atoms with E-state index in [4.69, 9.17) is 0 Å². The minimum Gasteiger partial charge on any atom is -0.336 e. The predicted molar refractivity (Wildman–Crippen MR) is 92.5 cm³/mol. The van der Waals surface area contributed by atoms with Crippen LogP contribution in [0.15, 0.2) is 47.4 Å². The Morgan fingerprint density at radius 1 is 0.931 bits per heavy atom. The van der Waals surface area contributed by atoms with Crippen LogP contribution in [0, 0.1) is 11.6 Å². The second kappa shape index (κ2) is 7.71. The molecule has 0 radical (unpaired) electrons. The van der Waals surface area contributed by atoms with Gasteiger partial charge in [0.15, 0.2) is 0 Å². The number of hydrogen-bond acceptors (Lipinski definition) is 3. The molecule has 0 aromatic heterocycles. The summed E-state index contributed by atoms with van der Waals surface area (Å²) in [7, 11) is -4.21. The number of halogens is 5. The highest BCUT2D eigenvalue weighted by atomic mass is 32.2. The zero-order chi connectivity index (χ0) is 21.4. The van der Waals surface area contributed by atoms with Gasteiger partial charge in [0.1, 0.15) is 11.6 Å². The summed E-state index contributed by atoms with van der Waals surface area (Å²) in [5.74, 6) is -2.49. The fourth-order valence-corrected chi connectivity index (χ4v) is 4.41. The molecule has 1 amide bonds. The van der Waals surface area contributed by atoms with Crippen LogP contribution in [0.3, 0.4) is 0 Å². The lowest BCUT2D eigenvalue weighted by atomic mass is 10.1. The molecule has 1 aliphatic heterocycles. The first-order valence-electron chi connectivity index (χ1n) is 8.42. The van der Waals surface area contributed by atoms with E-state index in [0.717, 1.165) is 45.6 Å². The van der Waals surface area contributed by atoms with Crippen molar-refractivity contribution in [1.82, 2.24) is 9.21 Å². The Morgan fingerprint density at radius 2 is 1.59 bits per heavy atom. The molecule has 1 saturated heterocycles. The number of hydrogen-bond donors (Lipinski definition) is 0. The van der Waals surface area contributed by atoms with Gasteiger partial charge in [-0.2, -0.15) is 17.5 Å². The van der Waals surface area contributed by atoms with Gasteiger partial charge in [-0.1, -0.05) is 6.07 Å². The molecule has 2 aromatic rings. The Labute approximate surface area is 163 Å². The number of nitrogens with zero attached hydrogens (tertiary/aromatic N) is 2. The van der Waals surface area contributed by atoms with Gasteiger partial charge in [0.25, 0.3) is 5.91 Å². The van der Waals surface area contributed by atoms with Gasteiger partial charge in [-0.15, -0.1) is 0 Å². The average molecular weight is 434 g/mol. The van der Waals surface area contributed by atoms with Gasteiger partial charge in [-0.05, 0) is 36.4 Å². The van der Waals surface area contributed by atoms with E-state index in [1.54, 1.807) is 0 Å². The highest BCUT2D eigenvalue weighted by Crippen LogP contribution is 2.31. The third kappa shape index (κ3) is 4.40. The molecule has 1 heterocycles. The van der Waals surface area contributed by atoms with Gasteiger partial charge in [0.2, 0.25) is 10.0 Å². The second-order valence-electron chi connectivity index (χ2n) is 6.35. The van der Waals surface area contributed by atoms with Crippen molar-refractivity contribution in [2.24, 2.45) is 0 Å². The van der Waals surface area contributed by atoms with Crippen molar-refractivity contribution >= 4 is 15.9 Å². The molecule has 2 aromatic carbocycles. The molecule has 0 saturated carbocycles. The van der Waals surface area contributed by atoms with Crippen LogP contribution >= 0.6 is 0 Å². The third-order valence-electron chi connectivity index (χ3n) is 4.48. The third-order valence-corrected chi connectivity index (χ3v) is 6.38. The normalized spacial score (nSPS) is 16.1. The summed E-state index contributed by atoms with van der Waals surface area (Å²) in [5.41, 5.74) is -1.56. The fourth-order valence-electron chi connectivity index (χ4n) is 2.95. The van der Waals surface area contributed by atoms with Crippen molar-refractivity contribution < 1.29 is 35.2 Å². The lowest BCUT2D eigenvalue weighted by Gasteiger charge is -2.34. The van der Waals surface area contributed by atoms with Crippen LogP contribution in [-0.4, -0.2) is 49.7 Å². The Bertz CT molecular complexity index is 1030. The Morgan fingerprint density at radius 3 is 2.21 bits per heavy atom. The number of sulfonamides is 1. The Balaban J connectivity index is 1.75. The highest BCUT2D eigenvalue weighted by molar-refractivity contribution is 7.89. The zero-order valence-electron chi connectivity index (χ0n) is 14.8. The molecule has 5 nitrogen and oxygen atoms in total. The average Bonchev–Trinajstić information content (AvgIpc) is 2.69. The van der Waals surface area contributed by atoms with Gasteiger partial charge in [-0.25, -0.2) is 17.2 Å². The first-order valence-corrected chi connectivity index (χ1v) is 9.86. The lowest BCUT2D eigenvalue weighted by molar-refractivity contribution is -0.137. The number of carbonyl (C=O) groups is 1. The maximum atomic E-state index is 13.8. The van der Waals surface area contributed by atoms with E-state index in [9.17, 15) is 35.2 Å². The summed E-state index contributed by atoms with van der Waals surface area (Å²) in [6.07, 6.45) is -4.69. The van der Waals surface area contributed by atoms with Crippen LogP contribution < -0.4 is 0 Å². The summed E-state index contributed by atoms with van der Waals surface area (Å²) in [6, 6.07) is 5.82. The van der Waals surface area contributed by atoms with Crippen LogP contribution in [0.2, 0.25) is 0 Å². The van der Waals surface area contributed by atoms with Crippen molar-refractivity contribution in [1.29, 1.82) is 0 Å². The molecule has 1 aliphatic rings. The van der Waals surface area contributed by atoms with Crippen LogP contribution in [0.25, 0.3) is 0 Å². The van der Waals surface area contributed by atoms with E-state index in [2.05, 4.69) is 0 Å². The van der Waals surface area contributed by atoms with Crippen LogP contribution in [0.1, 0.15) is 15.9 Å². The van der Waals surface area contributed by atoms with Gasteiger partial charge in [0.05, 0.1) is 16.0 Å². The number of amides is 1. The van der Waals surface area contributed by atoms with E-state index in [1.165, 1.54) is 0 Å². The fraction of sp³-hybridized carbons (Fsp3) is 0.278. The lowest BCUT2D eigenvalue weighted by Crippen LogP contribution is -2.50. The summed E-state index contributed by atoms with van der Waals surface area (Å²) in [5, 5.41) is 0. The van der Waals surface area contributed by atoms with Crippen molar-refractivity contribution in [3.8, 4) is 0 Å². The molecule has 0 atom stereocenters. The predicted octanol–water partition coefficient (Wildman–Crippen LogP) is 3.13. The molecule has 29 heavy (non-hydrogen) atoms. The number of piperazine rings is 1. The zero-order valence-corrected chi connectivity index (χ0v) is 15.6. The molecule has 1 fully saturated rings. The molecular formula is C18H15F5N2O3S. The van der Waals surface area contributed by atoms with Gasteiger partial charge < -0.3 is 4.90 Å². The topological polar surface area (TPSA) is 57.7 Å². The summed E-state index contributed by atoms with van der Waals surface area (Å²) >= 11 is 0. The Kier molecular flexibility index (Phi) is 5.63. The molecular weight excluding hydrogens is 419 g/mol. The summed E-state index contributed by atoms with van der Waals surface area (Å²) in [4.78, 5) is 13.0. The number of benzene rings is 2. The summed E-state index contributed by atoms with van der Waals surface area (Å²) in [6.45, 7) is -0.623. The van der Waals surface area contributed by atoms with Crippen molar-refractivity contribution in [2.45, 2.75) is 11.1 Å². The number of alkyl halides is 3. The molecule has 0 aliphatic carbocycles. The van der Waals surface area contributed by atoms with E-state index in [1.807, 2.05) is 0 Å².